The molecule has 1 amide bonds. The Labute approximate surface area is 203 Å². The number of amides is 1. The number of aryl methyl sites for hydroxylation is 1. The van der Waals surface area contributed by atoms with E-state index in [0.29, 0.717) is 30.5 Å². The van der Waals surface area contributed by atoms with Crippen molar-refractivity contribution in [3.63, 3.8) is 0 Å². The summed E-state index contributed by atoms with van der Waals surface area (Å²) in [4.78, 5) is 17.9. The number of nitrogens with zero attached hydrogens (tertiary/aromatic N) is 1. The highest BCUT2D eigenvalue weighted by molar-refractivity contribution is 7.12. The molecule has 3 fully saturated rings. The van der Waals surface area contributed by atoms with Gasteiger partial charge in [0.05, 0.1) is 18.8 Å². The first-order chi connectivity index (χ1) is 16.0. The Morgan fingerprint density at radius 3 is 2.85 bits per heavy atom. The summed E-state index contributed by atoms with van der Waals surface area (Å²) in [5.41, 5.74) is 1.45. The molecule has 1 aromatic heterocycles. The molecule has 1 N–H and O–H groups in total. The Hall–Kier alpha value is -1.11. The lowest BCUT2D eigenvalue weighted by atomic mass is 9.76. The largest absolute Gasteiger partial charge is 0.449 e. The van der Waals surface area contributed by atoms with Gasteiger partial charge < -0.3 is 19.7 Å². The predicted octanol–water partition coefficient (Wildman–Crippen LogP) is 5.65. The SMILES string of the molecule is CCc1cc2c(s1)CCO[C@@]21CCN(CC2CC(NC(=O)OCC3CCCCC3)C2)[C@@H](C)C1. The Bertz CT molecular complexity index is 814. The fourth-order valence-corrected chi connectivity index (χ4v) is 7.81. The van der Waals surface area contributed by atoms with Crippen LogP contribution in [0.2, 0.25) is 0 Å². The van der Waals surface area contributed by atoms with Crippen LogP contribution in [0.25, 0.3) is 0 Å². The van der Waals surface area contributed by atoms with E-state index in [0.717, 1.165) is 58.2 Å². The first kappa shape index (κ1) is 23.6. The van der Waals surface area contributed by atoms with E-state index in [1.807, 2.05) is 11.3 Å². The molecule has 5 nitrogen and oxygen atoms in total. The van der Waals surface area contributed by atoms with Gasteiger partial charge in [0.15, 0.2) is 0 Å². The van der Waals surface area contributed by atoms with Gasteiger partial charge in [-0.05, 0) is 75.3 Å². The van der Waals surface area contributed by atoms with Crippen molar-refractivity contribution in [2.24, 2.45) is 11.8 Å². The Morgan fingerprint density at radius 1 is 1.27 bits per heavy atom. The van der Waals surface area contributed by atoms with E-state index in [9.17, 15) is 4.79 Å². The van der Waals surface area contributed by atoms with Crippen LogP contribution in [-0.2, 0) is 27.9 Å². The van der Waals surface area contributed by atoms with Crippen LogP contribution >= 0.6 is 11.3 Å². The van der Waals surface area contributed by atoms with E-state index in [-0.39, 0.29) is 11.7 Å². The minimum Gasteiger partial charge on any atom is -0.449 e. The van der Waals surface area contributed by atoms with Gasteiger partial charge in [0.25, 0.3) is 0 Å². The number of ether oxygens (including phenoxy) is 2. The molecule has 3 heterocycles. The van der Waals surface area contributed by atoms with E-state index in [1.54, 1.807) is 4.88 Å². The second-order valence-electron chi connectivity index (χ2n) is 11.1. The Morgan fingerprint density at radius 2 is 2.09 bits per heavy atom. The number of piperidine rings is 1. The van der Waals surface area contributed by atoms with E-state index in [2.05, 4.69) is 30.1 Å². The highest BCUT2D eigenvalue weighted by atomic mass is 32.1. The Kier molecular flexibility index (Phi) is 7.34. The summed E-state index contributed by atoms with van der Waals surface area (Å²) in [5.74, 6) is 1.26. The van der Waals surface area contributed by atoms with Gasteiger partial charge >= 0.3 is 6.09 Å². The van der Waals surface area contributed by atoms with Crippen LogP contribution in [0.15, 0.2) is 6.07 Å². The number of hydrogen-bond donors (Lipinski definition) is 1. The number of carbonyl (C=O) groups excluding carboxylic acids is 1. The minimum atomic E-state index is -0.204. The molecular weight excluding hydrogens is 432 g/mol. The molecule has 2 saturated carbocycles. The zero-order chi connectivity index (χ0) is 22.8. The minimum absolute atomic E-state index is 0.0563. The third kappa shape index (κ3) is 5.28. The molecule has 5 rings (SSSR count). The normalized spacial score (nSPS) is 32.8. The number of hydrogen-bond acceptors (Lipinski definition) is 5. The first-order valence-corrected chi connectivity index (χ1v) is 14.3. The van der Waals surface area contributed by atoms with Gasteiger partial charge in [-0.15, -0.1) is 11.3 Å². The zero-order valence-corrected chi connectivity index (χ0v) is 21.4. The van der Waals surface area contributed by atoms with Gasteiger partial charge in [0, 0.05) is 41.3 Å². The van der Waals surface area contributed by atoms with Crippen molar-refractivity contribution in [3.8, 4) is 0 Å². The number of nitrogens with one attached hydrogen (secondary N) is 1. The van der Waals surface area contributed by atoms with Crippen molar-refractivity contribution in [2.75, 3.05) is 26.3 Å². The Balaban J connectivity index is 1.05. The molecule has 0 unspecified atom stereocenters. The molecule has 1 spiro atoms. The van der Waals surface area contributed by atoms with Crippen molar-refractivity contribution < 1.29 is 14.3 Å². The van der Waals surface area contributed by atoms with Gasteiger partial charge in [-0.25, -0.2) is 4.79 Å². The van der Waals surface area contributed by atoms with Crippen LogP contribution in [0.3, 0.4) is 0 Å². The average Bonchev–Trinajstić information content (AvgIpc) is 3.24. The van der Waals surface area contributed by atoms with Gasteiger partial charge in [0.1, 0.15) is 0 Å². The summed E-state index contributed by atoms with van der Waals surface area (Å²) in [7, 11) is 0. The molecule has 4 aliphatic rings. The number of thiophene rings is 1. The monoisotopic (exact) mass is 474 g/mol. The molecule has 33 heavy (non-hydrogen) atoms. The average molecular weight is 475 g/mol. The summed E-state index contributed by atoms with van der Waals surface area (Å²) < 4.78 is 12.0. The summed E-state index contributed by atoms with van der Waals surface area (Å²) >= 11 is 2.01. The smallest absolute Gasteiger partial charge is 0.407 e. The molecule has 184 valence electrons. The lowest BCUT2D eigenvalue weighted by Gasteiger charge is -2.49. The highest BCUT2D eigenvalue weighted by Gasteiger charge is 2.45. The molecule has 2 aliphatic heterocycles. The molecular formula is C27H42N2O3S. The number of carbonyl (C=O) groups is 1. The highest BCUT2D eigenvalue weighted by Crippen LogP contribution is 2.46. The fraction of sp³-hybridized carbons (Fsp3) is 0.815. The third-order valence-corrected chi connectivity index (χ3v) is 10.0. The zero-order valence-electron chi connectivity index (χ0n) is 20.6. The van der Waals surface area contributed by atoms with Crippen LogP contribution in [0.5, 0.6) is 0 Å². The molecule has 1 aromatic rings. The van der Waals surface area contributed by atoms with Crippen molar-refractivity contribution in [1.82, 2.24) is 10.2 Å². The fourth-order valence-electron chi connectivity index (χ4n) is 6.64. The van der Waals surface area contributed by atoms with Gasteiger partial charge in [0.2, 0.25) is 0 Å². The van der Waals surface area contributed by atoms with E-state index in [1.165, 1.54) is 42.5 Å². The van der Waals surface area contributed by atoms with E-state index in [4.69, 9.17) is 9.47 Å². The molecule has 0 radical (unpaired) electrons. The lowest BCUT2D eigenvalue weighted by molar-refractivity contribution is -0.114. The van der Waals surface area contributed by atoms with Gasteiger partial charge in [-0.1, -0.05) is 26.2 Å². The maximum absolute atomic E-state index is 12.2. The maximum atomic E-state index is 12.2. The van der Waals surface area contributed by atoms with Crippen LogP contribution in [0.4, 0.5) is 4.79 Å². The number of alkyl carbamates (subject to hydrolysis) is 1. The summed E-state index contributed by atoms with van der Waals surface area (Å²) in [6, 6.07) is 3.27. The number of fused-ring (bicyclic) bond motifs is 2. The van der Waals surface area contributed by atoms with Crippen molar-refractivity contribution in [1.29, 1.82) is 0 Å². The number of rotatable bonds is 6. The van der Waals surface area contributed by atoms with Crippen LogP contribution in [0, 0.1) is 11.8 Å². The molecule has 2 atom stereocenters. The second-order valence-corrected chi connectivity index (χ2v) is 12.3. The molecule has 0 bridgehead atoms. The van der Waals surface area contributed by atoms with E-state index >= 15 is 0 Å². The first-order valence-electron chi connectivity index (χ1n) is 13.5. The lowest BCUT2D eigenvalue weighted by Crippen LogP contribution is -2.54. The molecule has 2 aliphatic carbocycles. The maximum Gasteiger partial charge on any atom is 0.407 e. The van der Waals surface area contributed by atoms with E-state index < -0.39 is 0 Å². The second kappa shape index (κ2) is 10.2. The number of likely N-dealkylation sites (tertiary alicyclic amines) is 1. The molecule has 6 heteroatoms. The van der Waals surface area contributed by atoms with Crippen molar-refractivity contribution >= 4 is 17.4 Å². The third-order valence-electron chi connectivity index (χ3n) is 8.68. The van der Waals surface area contributed by atoms with Gasteiger partial charge in [-0.3, -0.25) is 0 Å². The van der Waals surface area contributed by atoms with Crippen LogP contribution < -0.4 is 5.32 Å². The van der Waals surface area contributed by atoms with Gasteiger partial charge in [-0.2, -0.15) is 0 Å². The predicted molar refractivity (Wildman–Crippen MR) is 133 cm³/mol. The van der Waals surface area contributed by atoms with Crippen molar-refractivity contribution in [2.45, 2.75) is 102 Å². The topological polar surface area (TPSA) is 50.8 Å². The summed E-state index contributed by atoms with van der Waals surface area (Å²) in [6.07, 6.45) is 12.7. The summed E-state index contributed by atoms with van der Waals surface area (Å²) in [5, 5.41) is 3.10. The quantitative estimate of drug-likeness (QED) is 0.579. The molecule has 0 aromatic carbocycles. The van der Waals surface area contributed by atoms with Crippen LogP contribution in [0.1, 0.15) is 87.0 Å². The van der Waals surface area contributed by atoms with Crippen LogP contribution in [-0.4, -0.2) is 49.4 Å². The standard InChI is InChI=1S/C27H42N2O3S/c1-3-23-15-24-25(33-23)9-12-32-27(24)10-11-29(19(2)16-27)17-21-13-22(14-21)28-26(30)31-18-20-7-5-4-6-8-20/h15,19-22H,3-14,16-18H2,1-2H3,(H,28,30)/t19-,21?,22?,27+/m0/s1. The molecule has 1 saturated heterocycles. The van der Waals surface area contributed by atoms with Crippen molar-refractivity contribution in [3.05, 3.63) is 21.4 Å². The summed E-state index contributed by atoms with van der Waals surface area (Å²) in [6.45, 7) is 8.36.